The molecule has 0 bridgehead atoms. The van der Waals surface area contributed by atoms with E-state index in [0.717, 1.165) is 42.3 Å². The summed E-state index contributed by atoms with van der Waals surface area (Å²) < 4.78 is 11.6. The Morgan fingerprint density at radius 1 is 1.39 bits per heavy atom. The van der Waals surface area contributed by atoms with E-state index in [1.54, 1.807) is 19.4 Å². The van der Waals surface area contributed by atoms with Crippen LogP contribution >= 0.6 is 22.9 Å². The summed E-state index contributed by atoms with van der Waals surface area (Å²) in [5, 5.41) is 6.54. The quantitative estimate of drug-likeness (QED) is 0.783. The predicted molar refractivity (Wildman–Crippen MR) is 91.8 cm³/mol. The van der Waals surface area contributed by atoms with Crippen LogP contribution in [0.4, 0.5) is 6.01 Å². The maximum atomic E-state index is 6.37. The molecule has 1 fully saturated rings. The molecule has 4 rings (SSSR count). The van der Waals surface area contributed by atoms with Crippen molar-refractivity contribution in [2.75, 3.05) is 38.2 Å². The summed E-state index contributed by atoms with van der Waals surface area (Å²) in [4.78, 5) is 11.1. The Morgan fingerprint density at radius 2 is 2.22 bits per heavy atom. The number of nitrogens with one attached hydrogen (secondary N) is 1. The van der Waals surface area contributed by atoms with Crippen molar-refractivity contribution in [2.24, 2.45) is 0 Å². The zero-order valence-corrected chi connectivity index (χ0v) is 14.1. The van der Waals surface area contributed by atoms with E-state index in [2.05, 4.69) is 20.2 Å². The zero-order valence-electron chi connectivity index (χ0n) is 12.5. The van der Waals surface area contributed by atoms with Crippen molar-refractivity contribution in [1.82, 2.24) is 15.3 Å². The van der Waals surface area contributed by atoms with Gasteiger partial charge in [0.1, 0.15) is 10.5 Å². The molecule has 120 valence electrons. The molecule has 0 aliphatic carbocycles. The van der Waals surface area contributed by atoms with Crippen molar-refractivity contribution in [1.29, 1.82) is 0 Å². The first-order chi connectivity index (χ1) is 11.3. The number of thiazole rings is 1. The third-order valence-corrected chi connectivity index (χ3v) is 4.89. The highest BCUT2D eigenvalue weighted by molar-refractivity contribution is 7.13. The number of aromatic nitrogens is 2. The summed E-state index contributed by atoms with van der Waals surface area (Å²) in [6, 6.07) is 2.39. The van der Waals surface area contributed by atoms with Crippen molar-refractivity contribution >= 4 is 40.1 Å². The summed E-state index contributed by atoms with van der Waals surface area (Å²) >= 11 is 7.88. The summed E-state index contributed by atoms with van der Waals surface area (Å²) in [7, 11) is 1.59. The van der Waals surface area contributed by atoms with E-state index in [0.29, 0.717) is 22.4 Å². The molecule has 3 aromatic rings. The number of benzene rings is 1. The van der Waals surface area contributed by atoms with Gasteiger partial charge in [-0.15, -0.1) is 11.3 Å². The van der Waals surface area contributed by atoms with Crippen LogP contribution in [0.2, 0.25) is 5.02 Å². The second kappa shape index (κ2) is 5.99. The summed E-state index contributed by atoms with van der Waals surface area (Å²) in [6.45, 7) is 3.57. The SMILES string of the molecule is COc1c(Cl)cc2nc(N3CCNCC3)oc2c1-c1nccs1. The van der Waals surface area contributed by atoms with E-state index in [1.165, 1.54) is 11.3 Å². The monoisotopic (exact) mass is 350 g/mol. The third kappa shape index (κ3) is 2.54. The number of halogens is 1. The number of anilines is 1. The molecular formula is C15H15ClN4O2S. The molecule has 0 spiro atoms. The highest BCUT2D eigenvalue weighted by atomic mass is 35.5. The average molecular weight is 351 g/mol. The minimum atomic E-state index is 0.505. The highest BCUT2D eigenvalue weighted by Crippen LogP contribution is 2.43. The van der Waals surface area contributed by atoms with Gasteiger partial charge >= 0.3 is 0 Å². The van der Waals surface area contributed by atoms with Crippen LogP contribution < -0.4 is 15.0 Å². The first kappa shape index (κ1) is 14.7. The van der Waals surface area contributed by atoms with Crippen molar-refractivity contribution in [3.05, 3.63) is 22.7 Å². The minimum absolute atomic E-state index is 0.505. The molecule has 6 nitrogen and oxygen atoms in total. The molecule has 0 atom stereocenters. The largest absolute Gasteiger partial charge is 0.494 e. The average Bonchev–Trinajstić information content (AvgIpc) is 3.23. The van der Waals surface area contributed by atoms with E-state index in [9.17, 15) is 0 Å². The molecule has 0 radical (unpaired) electrons. The van der Waals surface area contributed by atoms with Crippen LogP contribution in [-0.4, -0.2) is 43.3 Å². The molecule has 1 aliphatic heterocycles. The fourth-order valence-electron chi connectivity index (χ4n) is 2.74. The van der Waals surface area contributed by atoms with Crippen molar-refractivity contribution in [2.45, 2.75) is 0 Å². The number of fused-ring (bicyclic) bond motifs is 1. The van der Waals surface area contributed by atoms with Gasteiger partial charge in [-0.3, -0.25) is 0 Å². The summed E-state index contributed by atoms with van der Waals surface area (Å²) in [6.07, 6.45) is 1.75. The Labute approximate surface area is 142 Å². The molecule has 0 amide bonds. The summed E-state index contributed by atoms with van der Waals surface area (Å²) in [5.74, 6) is 0.567. The molecule has 1 saturated heterocycles. The second-order valence-corrected chi connectivity index (χ2v) is 6.49. The van der Waals surface area contributed by atoms with Gasteiger partial charge in [0.05, 0.1) is 17.7 Å². The van der Waals surface area contributed by atoms with Crippen LogP contribution in [0, 0.1) is 0 Å². The third-order valence-electron chi connectivity index (χ3n) is 3.81. The fraction of sp³-hybridized carbons (Fsp3) is 0.333. The van der Waals surface area contributed by atoms with Gasteiger partial charge in [0.25, 0.3) is 6.01 Å². The Morgan fingerprint density at radius 3 is 2.91 bits per heavy atom. The number of methoxy groups -OCH3 is 1. The molecular weight excluding hydrogens is 336 g/mol. The lowest BCUT2D eigenvalue weighted by molar-refractivity contribution is 0.416. The molecule has 0 unspecified atom stereocenters. The van der Waals surface area contributed by atoms with Gasteiger partial charge in [0, 0.05) is 37.8 Å². The lowest BCUT2D eigenvalue weighted by Crippen LogP contribution is -2.43. The van der Waals surface area contributed by atoms with Gasteiger partial charge in [-0.25, -0.2) is 4.98 Å². The Hall–Kier alpha value is -1.83. The molecule has 0 saturated carbocycles. The Bertz CT molecular complexity index is 828. The van der Waals surface area contributed by atoms with E-state index in [-0.39, 0.29) is 0 Å². The number of rotatable bonds is 3. The van der Waals surface area contributed by atoms with Gasteiger partial charge in [-0.05, 0) is 6.07 Å². The molecule has 8 heteroatoms. The van der Waals surface area contributed by atoms with Crippen LogP contribution in [0.15, 0.2) is 22.1 Å². The normalized spacial score (nSPS) is 15.3. The molecule has 3 heterocycles. The summed E-state index contributed by atoms with van der Waals surface area (Å²) in [5.41, 5.74) is 2.14. The number of hydrogen-bond acceptors (Lipinski definition) is 7. The van der Waals surface area contributed by atoms with E-state index >= 15 is 0 Å². The molecule has 1 N–H and O–H groups in total. The first-order valence-electron chi connectivity index (χ1n) is 7.30. The van der Waals surface area contributed by atoms with E-state index < -0.39 is 0 Å². The molecule has 1 aliphatic rings. The van der Waals surface area contributed by atoms with Crippen LogP contribution in [0.1, 0.15) is 0 Å². The van der Waals surface area contributed by atoms with Gasteiger partial charge in [-0.1, -0.05) is 11.6 Å². The van der Waals surface area contributed by atoms with Gasteiger partial charge < -0.3 is 19.4 Å². The Balaban J connectivity index is 1.91. The standard InChI is InChI=1S/C15H15ClN4O2S/c1-21-12-9(16)8-10-13(11(12)14-18-4-7-23-14)22-15(19-10)20-5-2-17-3-6-20/h4,7-8,17H,2-3,5-6H2,1H3. The minimum Gasteiger partial charge on any atom is -0.494 e. The van der Waals surface area contributed by atoms with Crippen molar-refractivity contribution in [3.8, 4) is 16.3 Å². The zero-order chi connectivity index (χ0) is 15.8. The Kier molecular flexibility index (Phi) is 3.84. The van der Waals surface area contributed by atoms with Crippen LogP contribution in [0.3, 0.4) is 0 Å². The van der Waals surface area contributed by atoms with Crippen LogP contribution in [-0.2, 0) is 0 Å². The first-order valence-corrected chi connectivity index (χ1v) is 8.56. The lowest BCUT2D eigenvalue weighted by atomic mass is 10.2. The van der Waals surface area contributed by atoms with Gasteiger partial charge in [0.2, 0.25) is 0 Å². The molecule has 23 heavy (non-hydrogen) atoms. The number of nitrogens with zero attached hydrogens (tertiary/aromatic N) is 3. The topological polar surface area (TPSA) is 63.4 Å². The number of hydrogen-bond donors (Lipinski definition) is 1. The van der Waals surface area contributed by atoms with Crippen LogP contribution in [0.25, 0.3) is 21.7 Å². The van der Waals surface area contributed by atoms with E-state index in [1.807, 2.05) is 5.38 Å². The lowest BCUT2D eigenvalue weighted by Gasteiger charge is -2.25. The molecule has 1 aromatic carbocycles. The predicted octanol–water partition coefficient (Wildman–Crippen LogP) is 3.02. The number of piperazine rings is 1. The highest BCUT2D eigenvalue weighted by Gasteiger charge is 2.24. The van der Waals surface area contributed by atoms with Gasteiger partial charge in [-0.2, -0.15) is 4.98 Å². The number of oxazole rings is 1. The van der Waals surface area contributed by atoms with E-state index in [4.69, 9.17) is 20.8 Å². The maximum Gasteiger partial charge on any atom is 0.298 e. The van der Waals surface area contributed by atoms with Gasteiger partial charge in [0.15, 0.2) is 11.3 Å². The van der Waals surface area contributed by atoms with Crippen LogP contribution in [0.5, 0.6) is 5.75 Å². The maximum absolute atomic E-state index is 6.37. The van der Waals surface area contributed by atoms with Crippen molar-refractivity contribution in [3.63, 3.8) is 0 Å². The molecule has 2 aromatic heterocycles. The smallest absolute Gasteiger partial charge is 0.298 e. The number of ether oxygens (including phenoxy) is 1. The second-order valence-electron chi connectivity index (χ2n) is 5.19. The fourth-order valence-corrected chi connectivity index (χ4v) is 3.69. The van der Waals surface area contributed by atoms with Crippen molar-refractivity contribution < 1.29 is 9.15 Å².